The fourth-order valence-corrected chi connectivity index (χ4v) is 5.57. The van der Waals surface area contributed by atoms with Gasteiger partial charge in [0.25, 0.3) is 11.5 Å². The summed E-state index contributed by atoms with van der Waals surface area (Å²) in [5.41, 5.74) is 1.10. The highest BCUT2D eigenvalue weighted by molar-refractivity contribution is 8.26. The molecular weight excluding hydrogens is 428 g/mol. The largest absolute Gasteiger partial charge is 0.383 e. The zero-order chi connectivity index (χ0) is 21.1. The van der Waals surface area contributed by atoms with Gasteiger partial charge in [-0.05, 0) is 18.6 Å². The van der Waals surface area contributed by atoms with Crippen molar-refractivity contribution in [3.8, 4) is 6.07 Å². The molecule has 1 amide bonds. The number of carbonyl (C=O) groups excluding carboxylic acids is 1. The number of thiocarbonyl (C=S) groups is 1. The maximum absolute atomic E-state index is 12.9. The number of hydrogen-bond donors (Lipinski definition) is 0. The molecule has 7 nitrogen and oxygen atoms in total. The molecule has 0 aromatic carbocycles. The second-order valence-electron chi connectivity index (χ2n) is 6.64. The van der Waals surface area contributed by atoms with Crippen molar-refractivity contribution in [2.75, 3.05) is 49.8 Å². The van der Waals surface area contributed by atoms with Crippen LogP contribution in [0.25, 0.3) is 6.08 Å². The first-order chi connectivity index (χ1) is 13.9. The number of carbonyl (C=O) groups is 1. The van der Waals surface area contributed by atoms with Crippen LogP contribution in [-0.4, -0.2) is 64.6 Å². The first-order valence-corrected chi connectivity index (χ1v) is 11.5. The Morgan fingerprint density at radius 1 is 1.31 bits per heavy atom. The van der Waals surface area contributed by atoms with Crippen LogP contribution >= 0.6 is 35.7 Å². The van der Waals surface area contributed by atoms with Gasteiger partial charge in [-0.1, -0.05) is 24.0 Å². The SMILES string of the molecule is COCCN1C(=O)/C(=C/c2c(C)c(C#N)c(=O)n(C)c2N2CCSCC2)SC1=S. The summed E-state index contributed by atoms with van der Waals surface area (Å²) >= 11 is 8.47. The second kappa shape index (κ2) is 9.34. The Balaban J connectivity index is 2.13. The minimum absolute atomic E-state index is 0.101. The number of nitriles is 1. The molecule has 154 valence electrons. The molecule has 0 aliphatic carbocycles. The van der Waals surface area contributed by atoms with Crippen molar-refractivity contribution in [1.29, 1.82) is 5.26 Å². The summed E-state index contributed by atoms with van der Waals surface area (Å²) in [5, 5.41) is 9.53. The molecule has 3 rings (SSSR count). The lowest BCUT2D eigenvalue weighted by molar-refractivity contribution is -0.122. The van der Waals surface area contributed by atoms with E-state index in [0.717, 1.165) is 36.0 Å². The molecule has 2 fully saturated rings. The monoisotopic (exact) mass is 450 g/mol. The van der Waals surface area contributed by atoms with Crippen LogP contribution < -0.4 is 10.5 Å². The molecule has 0 spiro atoms. The summed E-state index contributed by atoms with van der Waals surface area (Å²) in [7, 11) is 3.26. The summed E-state index contributed by atoms with van der Waals surface area (Å²) in [4.78, 5) is 29.8. The molecule has 29 heavy (non-hydrogen) atoms. The number of pyridine rings is 1. The average Bonchev–Trinajstić information content (AvgIpc) is 2.98. The van der Waals surface area contributed by atoms with E-state index in [1.54, 1.807) is 27.2 Å². The number of ether oxygens (including phenoxy) is 1. The van der Waals surface area contributed by atoms with Crippen molar-refractivity contribution >= 4 is 57.9 Å². The number of rotatable bonds is 5. The van der Waals surface area contributed by atoms with Gasteiger partial charge in [0.2, 0.25) is 0 Å². The molecule has 0 bridgehead atoms. The molecule has 3 heterocycles. The van der Waals surface area contributed by atoms with Crippen LogP contribution in [0.1, 0.15) is 16.7 Å². The highest BCUT2D eigenvalue weighted by Gasteiger charge is 2.33. The maximum atomic E-state index is 12.9. The zero-order valence-electron chi connectivity index (χ0n) is 16.6. The summed E-state index contributed by atoms with van der Waals surface area (Å²) in [5.74, 6) is 2.50. The smallest absolute Gasteiger partial charge is 0.270 e. The van der Waals surface area contributed by atoms with E-state index in [-0.39, 0.29) is 17.0 Å². The lowest BCUT2D eigenvalue weighted by atomic mass is 10.0. The molecular formula is C19H22N4O3S3. The van der Waals surface area contributed by atoms with E-state index in [4.69, 9.17) is 17.0 Å². The molecule has 0 N–H and O–H groups in total. The second-order valence-corrected chi connectivity index (χ2v) is 9.54. The van der Waals surface area contributed by atoms with Gasteiger partial charge in [-0.25, -0.2) is 0 Å². The highest BCUT2D eigenvalue weighted by Crippen LogP contribution is 2.35. The number of methoxy groups -OCH3 is 1. The van der Waals surface area contributed by atoms with Crippen LogP contribution in [0.2, 0.25) is 0 Å². The fraction of sp³-hybridized carbons (Fsp3) is 0.474. The lowest BCUT2D eigenvalue weighted by Gasteiger charge is -2.32. The van der Waals surface area contributed by atoms with Gasteiger partial charge in [0.15, 0.2) is 0 Å². The van der Waals surface area contributed by atoms with Gasteiger partial charge in [0, 0.05) is 44.3 Å². The molecule has 2 aliphatic rings. The van der Waals surface area contributed by atoms with Gasteiger partial charge in [0.05, 0.1) is 18.1 Å². The highest BCUT2D eigenvalue weighted by atomic mass is 32.2. The van der Waals surface area contributed by atoms with Crippen LogP contribution in [0.5, 0.6) is 0 Å². The molecule has 2 aliphatic heterocycles. The molecule has 10 heteroatoms. The number of aromatic nitrogens is 1. The third kappa shape index (κ3) is 4.23. The number of nitrogens with zero attached hydrogens (tertiary/aromatic N) is 4. The first kappa shape index (κ1) is 21.9. The summed E-state index contributed by atoms with van der Waals surface area (Å²) in [6.45, 7) is 4.16. The predicted molar refractivity (Wildman–Crippen MR) is 122 cm³/mol. The van der Waals surface area contributed by atoms with Crippen molar-refractivity contribution in [3.63, 3.8) is 0 Å². The molecule has 0 unspecified atom stereocenters. The standard InChI is InChI=1S/C19H22N4O3S3/c1-12-13(10-15-18(25)23(4-7-26-3)19(27)29-15)16(22-5-8-28-9-6-22)21(2)17(24)14(12)11-20/h10H,4-9H2,1-3H3/b15-10-. The summed E-state index contributed by atoms with van der Waals surface area (Å²) < 4.78 is 7.08. The lowest BCUT2D eigenvalue weighted by Crippen LogP contribution is -2.38. The number of amides is 1. The van der Waals surface area contributed by atoms with Crippen LogP contribution in [0.3, 0.4) is 0 Å². The third-order valence-electron chi connectivity index (χ3n) is 4.95. The minimum Gasteiger partial charge on any atom is -0.383 e. The van der Waals surface area contributed by atoms with E-state index in [1.165, 1.54) is 21.2 Å². The van der Waals surface area contributed by atoms with Crippen molar-refractivity contribution in [2.24, 2.45) is 7.05 Å². The first-order valence-electron chi connectivity index (χ1n) is 9.11. The molecule has 0 radical (unpaired) electrons. The summed E-state index contributed by atoms with van der Waals surface area (Å²) in [6.07, 6.45) is 1.78. The fourth-order valence-electron chi connectivity index (χ4n) is 3.38. The van der Waals surface area contributed by atoms with Crippen LogP contribution in [-0.2, 0) is 16.6 Å². The third-order valence-corrected chi connectivity index (χ3v) is 7.27. The van der Waals surface area contributed by atoms with Crippen LogP contribution in [0, 0.1) is 18.3 Å². The Hall–Kier alpha value is -1.80. The van der Waals surface area contributed by atoms with Crippen molar-refractivity contribution in [3.05, 3.63) is 31.9 Å². The van der Waals surface area contributed by atoms with E-state index in [1.807, 2.05) is 17.8 Å². The quantitative estimate of drug-likeness (QED) is 0.498. The van der Waals surface area contributed by atoms with Gasteiger partial charge in [-0.3, -0.25) is 19.1 Å². The topological polar surface area (TPSA) is 78.6 Å². The van der Waals surface area contributed by atoms with Gasteiger partial charge in [-0.15, -0.1) is 0 Å². The van der Waals surface area contributed by atoms with Crippen molar-refractivity contribution in [2.45, 2.75) is 6.92 Å². The van der Waals surface area contributed by atoms with Gasteiger partial charge >= 0.3 is 0 Å². The Labute approximate surface area is 183 Å². The van der Waals surface area contributed by atoms with E-state index >= 15 is 0 Å². The Morgan fingerprint density at radius 3 is 2.62 bits per heavy atom. The molecule has 0 atom stereocenters. The van der Waals surface area contributed by atoms with Crippen molar-refractivity contribution in [1.82, 2.24) is 9.47 Å². The van der Waals surface area contributed by atoms with Crippen LogP contribution in [0.4, 0.5) is 5.82 Å². The maximum Gasteiger partial charge on any atom is 0.270 e. The minimum atomic E-state index is -0.317. The predicted octanol–water partition coefficient (Wildman–Crippen LogP) is 1.97. The number of anilines is 1. The Morgan fingerprint density at radius 2 is 2.00 bits per heavy atom. The zero-order valence-corrected chi connectivity index (χ0v) is 19.0. The van der Waals surface area contributed by atoms with E-state index < -0.39 is 0 Å². The van der Waals surface area contributed by atoms with Gasteiger partial charge in [0.1, 0.15) is 21.8 Å². The van der Waals surface area contributed by atoms with E-state index in [0.29, 0.717) is 27.9 Å². The number of thioether (sulfide) groups is 2. The van der Waals surface area contributed by atoms with Gasteiger partial charge in [-0.2, -0.15) is 17.0 Å². The van der Waals surface area contributed by atoms with E-state index in [2.05, 4.69) is 4.90 Å². The normalized spacial score (nSPS) is 18.6. The Kier molecular flexibility index (Phi) is 7.05. The molecule has 0 saturated carbocycles. The summed E-state index contributed by atoms with van der Waals surface area (Å²) in [6, 6.07) is 2.03. The molecule has 1 aromatic heterocycles. The van der Waals surface area contributed by atoms with Gasteiger partial charge < -0.3 is 9.64 Å². The molecule has 2 saturated heterocycles. The average molecular weight is 451 g/mol. The van der Waals surface area contributed by atoms with E-state index in [9.17, 15) is 14.9 Å². The Bertz CT molecular complexity index is 974. The van der Waals surface area contributed by atoms with Crippen LogP contribution in [0.15, 0.2) is 9.70 Å². The number of hydrogen-bond acceptors (Lipinski definition) is 8. The molecule has 1 aromatic rings. The van der Waals surface area contributed by atoms with Crippen molar-refractivity contribution < 1.29 is 9.53 Å².